The lowest BCUT2D eigenvalue weighted by Crippen LogP contribution is -2.44. The first-order valence-corrected chi connectivity index (χ1v) is 12.2. The van der Waals surface area contributed by atoms with Crippen LogP contribution in [0, 0.1) is 4.64 Å². The van der Waals surface area contributed by atoms with E-state index < -0.39 is 0 Å². The number of halogens is 1. The number of nitrogens with one attached hydrogen (secondary N) is 1. The zero-order valence-corrected chi connectivity index (χ0v) is 20.7. The summed E-state index contributed by atoms with van der Waals surface area (Å²) < 4.78 is 4.31. The summed E-state index contributed by atoms with van der Waals surface area (Å²) in [6, 6.07) is 15.9. The average Bonchev–Trinajstić information content (AvgIpc) is 3.36. The predicted octanol–water partition coefficient (Wildman–Crippen LogP) is 4.95. The van der Waals surface area contributed by atoms with E-state index in [2.05, 4.69) is 56.4 Å². The van der Waals surface area contributed by atoms with Crippen molar-refractivity contribution in [1.29, 1.82) is 0 Å². The summed E-state index contributed by atoms with van der Waals surface area (Å²) >= 11 is 12.3. The molecular formula is C25H23ClN8S. The first-order chi connectivity index (χ1) is 17.1. The van der Waals surface area contributed by atoms with Crippen LogP contribution in [-0.2, 0) is 0 Å². The number of imidazole rings is 1. The van der Waals surface area contributed by atoms with Crippen LogP contribution in [0.4, 0.5) is 17.3 Å². The van der Waals surface area contributed by atoms with Crippen LogP contribution in [0.25, 0.3) is 22.5 Å². The van der Waals surface area contributed by atoms with Gasteiger partial charge in [0.2, 0.25) is 11.7 Å². The van der Waals surface area contributed by atoms with Gasteiger partial charge < -0.3 is 15.1 Å². The highest BCUT2D eigenvalue weighted by Crippen LogP contribution is 2.27. The molecule has 0 amide bonds. The molecule has 8 nitrogen and oxygen atoms in total. The molecule has 0 saturated carbocycles. The molecule has 2 aromatic carbocycles. The topological polar surface area (TPSA) is 66.5 Å². The first kappa shape index (κ1) is 22.0. The van der Waals surface area contributed by atoms with Crippen molar-refractivity contribution in [3.63, 3.8) is 0 Å². The van der Waals surface area contributed by atoms with Gasteiger partial charge in [0, 0.05) is 56.1 Å². The third-order valence-corrected chi connectivity index (χ3v) is 7.06. The van der Waals surface area contributed by atoms with Crippen LogP contribution in [0.15, 0.2) is 67.1 Å². The van der Waals surface area contributed by atoms with Crippen molar-refractivity contribution in [2.45, 2.75) is 0 Å². The van der Waals surface area contributed by atoms with Gasteiger partial charge in [-0.25, -0.2) is 9.97 Å². The van der Waals surface area contributed by atoms with Crippen LogP contribution in [-0.4, -0.2) is 62.0 Å². The maximum Gasteiger partial charge on any atom is 0.229 e. The molecule has 10 heteroatoms. The van der Waals surface area contributed by atoms with Gasteiger partial charge in [-0.3, -0.25) is 8.97 Å². The first-order valence-electron chi connectivity index (χ1n) is 11.4. The normalized spacial score (nSPS) is 14.6. The molecule has 4 heterocycles. The third-order valence-electron chi connectivity index (χ3n) is 6.34. The minimum atomic E-state index is 0.491. The fraction of sp³-hybridized carbons (Fsp3) is 0.200. The number of benzene rings is 2. The second kappa shape index (κ2) is 8.92. The molecule has 3 aromatic heterocycles. The molecule has 5 aromatic rings. The fourth-order valence-electron chi connectivity index (χ4n) is 4.40. The lowest BCUT2D eigenvalue weighted by atomic mass is 10.2. The second-order valence-electron chi connectivity index (χ2n) is 8.58. The maximum atomic E-state index is 6.48. The van der Waals surface area contributed by atoms with Crippen LogP contribution in [0.5, 0.6) is 0 Å². The Morgan fingerprint density at radius 3 is 2.51 bits per heavy atom. The molecule has 1 fully saturated rings. The largest absolute Gasteiger partial charge is 0.369 e. The highest BCUT2D eigenvalue weighted by atomic mass is 35.5. The zero-order chi connectivity index (χ0) is 23.9. The molecule has 0 unspecified atom stereocenters. The van der Waals surface area contributed by atoms with Crippen LogP contribution in [0.3, 0.4) is 0 Å². The van der Waals surface area contributed by atoms with Crippen molar-refractivity contribution < 1.29 is 0 Å². The van der Waals surface area contributed by atoms with E-state index in [1.54, 1.807) is 12.4 Å². The average molecular weight is 503 g/mol. The fourth-order valence-corrected chi connectivity index (χ4v) is 4.95. The van der Waals surface area contributed by atoms with Gasteiger partial charge in [0.1, 0.15) is 4.64 Å². The molecule has 0 spiro atoms. The molecule has 0 aliphatic carbocycles. The van der Waals surface area contributed by atoms with Gasteiger partial charge in [0.15, 0.2) is 5.65 Å². The van der Waals surface area contributed by atoms with E-state index in [-0.39, 0.29) is 0 Å². The van der Waals surface area contributed by atoms with Crippen LogP contribution >= 0.6 is 23.8 Å². The van der Waals surface area contributed by atoms with E-state index in [4.69, 9.17) is 28.8 Å². The van der Waals surface area contributed by atoms with Crippen LogP contribution in [0.1, 0.15) is 0 Å². The second-order valence-corrected chi connectivity index (χ2v) is 9.38. The van der Waals surface area contributed by atoms with E-state index >= 15 is 0 Å². The van der Waals surface area contributed by atoms with Crippen LogP contribution < -0.4 is 10.2 Å². The number of piperazine rings is 1. The minimum absolute atomic E-state index is 0.491. The smallest absolute Gasteiger partial charge is 0.229 e. The number of likely N-dealkylation sites (N-methyl/N-ethyl adjacent to an activating group) is 1. The summed E-state index contributed by atoms with van der Waals surface area (Å²) in [6.45, 7) is 4.23. The summed E-state index contributed by atoms with van der Waals surface area (Å²) in [6.07, 6.45) is 5.34. The summed E-state index contributed by atoms with van der Waals surface area (Å²) in [4.78, 5) is 18.6. The Balaban J connectivity index is 1.35. The van der Waals surface area contributed by atoms with Gasteiger partial charge in [-0.1, -0.05) is 36.0 Å². The molecule has 6 rings (SSSR count). The Morgan fingerprint density at radius 2 is 1.74 bits per heavy atom. The zero-order valence-electron chi connectivity index (χ0n) is 19.1. The number of fused-ring (bicyclic) bond motifs is 3. The highest BCUT2D eigenvalue weighted by Gasteiger charge is 2.16. The SMILES string of the molecule is CN1CCN(c2ccc(Nc3ncc4c(=S)n(-c5ccccc5Cl)c5nccn5c4n3)cc2)CC1. The minimum Gasteiger partial charge on any atom is -0.369 e. The van der Waals surface area contributed by atoms with E-state index in [1.807, 2.05) is 39.4 Å². The van der Waals surface area contributed by atoms with Gasteiger partial charge in [-0.15, -0.1) is 0 Å². The van der Waals surface area contributed by atoms with E-state index in [0.29, 0.717) is 27.0 Å². The molecule has 0 atom stereocenters. The lowest BCUT2D eigenvalue weighted by Gasteiger charge is -2.34. The Bertz CT molecular complexity index is 1590. The Kier molecular flexibility index (Phi) is 5.60. The molecule has 35 heavy (non-hydrogen) atoms. The van der Waals surface area contributed by atoms with Crippen molar-refractivity contribution in [3.8, 4) is 5.69 Å². The molecule has 0 bridgehead atoms. The lowest BCUT2D eigenvalue weighted by molar-refractivity contribution is 0.313. The number of rotatable bonds is 4. The number of hydrogen-bond acceptors (Lipinski definition) is 7. The Hall–Kier alpha value is -3.53. The summed E-state index contributed by atoms with van der Waals surface area (Å²) in [5.74, 6) is 1.13. The number of anilines is 3. The van der Waals surface area contributed by atoms with E-state index in [9.17, 15) is 0 Å². The molecule has 176 valence electrons. The quantitative estimate of drug-likeness (QED) is 0.349. The van der Waals surface area contributed by atoms with Gasteiger partial charge in [-0.2, -0.15) is 4.98 Å². The molecular weight excluding hydrogens is 480 g/mol. The number of nitrogens with zero attached hydrogens (tertiary/aromatic N) is 7. The van der Waals surface area contributed by atoms with Gasteiger partial charge in [0.25, 0.3) is 0 Å². The predicted molar refractivity (Wildman–Crippen MR) is 143 cm³/mol. The number of para-hydroxylation sites is 1. The van der Waals surface area contributed by atoms with Gasteiger partial charge in [-0.05, 0) is 43.4 Å². The summed E-state index contributed by atoms with van der Waals surface area (Å²) in [7, 11) is 2.16. The van der Waals surface area contributed by atoms with Crippen molar-refractivity contribution in [3.05, 3.63) is 76.8 Å². The van der Waals surface area contributed by atoms with Crippen molar-refractivity contribution in [2.75, 3.05) is 43.4 Å². The van der Waals surface area contributed by atoms with Crippen LogP contribution in [0.2, 0.25) is 5.02 Å². The molecule has 0 radical (unpaired) electrons. The molecule has 1 aliphatic rings. The van der Waals surface area contributed by atoms with Crippen molar-refractivity contribution in [1.82, 2.24) is 28.8 Å². The molecule has 1 saturated heterocycles. The monoisotopic (exact) mass is 502 g/mol. The van der Waals surface area contributed by atoms with Gasteiger partial charge >= 0.3 is 0 Å². The third kappa shape index (κ3) is 4.01. The number of aromatic nitrogens is 5. The molecule has 1 N–H and O–H groups in total. The van der Waals surface area contributed by atoms with Crippen molar-refractivity contribution >= 4 is 58.0 Å². The summed E-state index contributed by atoms with van der Waals surface area (Å²) in [5.41, 5.74) is 3.59. The maximum absolute atomic E-state index is 6.48. The Morgan fingerprint density at radius 1 is 0.971 bits per heavy atom. The van der Waals surface area contributed by atoms with Gasteiger partial charge in [0.05, 0.1) is 16.1 Å². The number of hydrogen-bond donors (Lipinski definition) is 1. The molecule has 1 aliphatic heterocycles. The van der Waals surface area contributed by atoms with E-state index in [1.165, 1.54) is 5.69 Å². The summed E-state index contributed by atoms with van der Waals surface area (Å²) in [5, 5.41) is 4.65. The highest BCUT2D eigenvalue weighted by molar-refractivity contribution is 7.71. The Labute approximate surface area is 212 Å². The standard InChI is InChI=1S/C25H23ClN8S/c1-31-12-14-32(15-13-31)18-8-6-17(7-9-18)29-24-28-16-19-22(30-24)33-11-10-27-25(33)34(23(19)35)21-5-3-2-4-20(21)26/h2-11,16H,12-15H2,1H3,(H,28,29,30). The van der Waals surface area contributed by atoms with Crippen molar-refractivity contribution in [2.24, 2.45) is 0 Å². The van der Waals surface area contributed by atoms with E-state index in [0.717, 1.165) is 42.9 Å².